The van der Waals surface area contributed by atoms with Gasteiger partial charge in [0.05, 0.1) is 24.0 Å². The number of fused-ring (bicyclic) bond motifs is 1. The van der Waals surface area contributed by atoms with E-state index in [2.05, 4.69) is 0 Å². The van der Waals surface area contributed by atoms with E-state index in [1.807, 2.05) is 30.3 Å². The van der Waals surface area contributed by atoms with E-state index in [4.69, 9.17) is 9.57 Å². The first-order chi connectivity index (χ1) is 16.0. The lowest BCUT2D eigenvalue weighted by atomic mass is 9.90. The van der Waals surface area contributed by atoms with Gasteiger partial charge in [-0.05, 0) is 61.0 Å². The quantitative estimate of drug-likeness (QED) is 0.595. The molecule has 8 heteroatoms. The van der Waals surface area contributed by atoms with E-state index in [9.17, 15) is 19.1 Å². The molecule has 3 atom stereocenters. The van der Waals surface area contributed by atoms with Gasteiger partial charge in [-0.15, -0.1) is 0 Å². The molecular weight excluding hydrogens is 427 g/mol. The Bertz CT molecular complexity index is 1200. The SMILES string of the molecule is CCOc1cc([C@@H]2[C@@H]3C(=O)N(c4ccc(F)cc4)C(=O)[C@H]3ON2c2ccccc2)ccc1O. The number of carbonyl (C=O) groups excluding carboxylic acids is 2. The van der Waals surface area contributed by atoms with Crippen molar-refractivity contribution >= 4 is 23.2 Å². The summed E-state index contributed by atoms with van der Waals surface area (Å²) in [6.45, 7) is 2.15. The number of anilines is 2. The lowest BCUT2D eigenvalue weighted by Gasteiger charge is -2.29. The summed E-state index contributed by atoms with van der Waals surface area (Å²) in [5, 5.41) is 11.7. The van der Waals surface area contributed by atoms with Crippen LogP contribution in [0.1, 0.15) is 18.5 Å². The Labute approximate surface area is 189 Å². The largest absolute Gasteiger partial charge is 0.504 e. The van der Waals surface area contributed by atoms with Gasteiger partial charge in [-0.25, -0.2) is 14.4 Å². The van der Waals surface area contributed by atoms with Crippen LogP contribution in [-0.2, 0) is 14.4 Å². The van der Waals surface area contributed by atoms with Crippen molar-refractivity contribution < 1.29 is 28.7 Å². The summed E-state index contributed by atoms with van der Waals surface area (Å²) in [5.74, 6) is -2.01. The maximum absolute atomic E-state index is 13.5. The second-order valence-electron chi connectivity index (χ2n) is 7.81. The maximum atomic E-state index is 13.5. The number of phenolic OH excluding ortho intramolecular Hbond substituents is 1. The van der Waals surface area contributed by atoms with Gasteiger partial charge in [-0.1, -0.05) is 24.3 Å². The molecular formula is C25H21FN2O5. The van der Waals surface area contributed by atoms with Crippen LogP contribution in [0.2, 0.25) is 0 Å². The maximum Gasteiger partial charge on any atom is 0.266 e. The molecule has 2 amide bonds. The van der Waals surface area contributed by atoms with E-state index >= 15 is 0 Å². The molecule has 0 radical (unpaired) electrons. The van der Waals surface area contributed by atoms with Gasteiger partial charge in [-0.2, -0.15) is 0 Å². The molecule has 0 spiro atoms. The standard InChI is InChI=1S/C25H21FN2O5/c1-2-32-20-14-15(8-13-19(20)29)22-21-23(33-28(22)18-6-4-3-5-7-18)25(31)27(24(21)30)17-11-9-16(26)10-12-17/h3-14,21-23,29H,2H2,1H3/t21-,22+,23-/m0/s1. The van der Waals surface area contributed by atoms with Crippen molar-refractivity contribution in [1.82, 2.24) is 0 Å². The number of benzene rings is 3. The number of hydrogen-bond acceptors (Lipinski definition) is 6. The Morgan fingerprint density at radius 2 is 1.70 bits per heavy atom. The third-order valence-electron chi connectivity index (χ3n) is 5.84. The predicted molar refractivity (Wildman–Crippen MR) is 118 cm³/mol. The van der Waals surface area contributed by atoms with Crippen molar-refractivity contribution in [1.29, 1.82) is 0 Å². The number of para-hydroxylation sites is 1. The third kappa shape index (κ3) is 3.48. The van der Waals surface area contributed by atoms with Crippen LogP contribution in [0.5, 0.6) is 11.5 Å². The van der Waals surface area contributed by atoms with Gasteiger partial charge in [0.1, 0.15) is 11.7 Å². The van der Waals surface area contributed by atoms with Gasteiger partial charge in [0, 0.05) is 0 Å². The Balaban J connectivity index is 1.59. The first kappa shape index (κ1) is 21.0. The van der Waals surface area contributed by atoms with Crippen LogP contribution in [-0.4, -0.2) is 29.6 Å². The summed E-state index contributed by atoms with van der Waals surface area (Å²) < 4.78 is 18.9. The van der Waals surface area contributed by atoms with E-state index in [0.29, 0.717) is 17.9 Å². The zero-order valence-corrected chi connectivity index (χ0v) is 17.7. The van der Waals surface area contributed by atoms with Crippen LogP contribution in [0.15, 0.2) is 72.8 Å². The molecule has 3 aromatic rings. The lowest BCUT2D eigenvalue weighted by molar-refractivity contribution is -0.126. The van der Waals surface area contributed by atoms with Crippen molar-refractivity contribution in [3.05, 3.63) is 84.2 Å². The van der Waals surface area contributed by atoms with Crippen molar-refractivity contribution in [2.75, 3.05) is 16.6 Å². The molecule has 0 aromatic heterocycles. The summed E-state index contributed by atoms with van der Waals surface area (Å²) in [6, 6.07) is 18.5. The number of hydroxylamine groups is 1. The molecule has 168 valence electrons. The number of rotatable bonds is 5. The molecule has 2 saturated heterocycles. The third-order valence-corrected chi connectivity index (χ3v) is 5.84. The Morgan fingerprint density at radius 3 is 2.39 bits per heavy atom. The van der Waals surface area contributed by atoms with E-state index in [1.54, 1.807) is 24.1 Å². The van der Waals surface area contributed by atoms with Gasteiger partial charge in [0.25, 0.3) is 5.91 Å². The molecule has 0 saturated carbocycles. The molecule has 2 heterocycles. The van der Waals surface area contributed by atoms with Crippen molar-refractivity contribution in [2.45, 2.75) is 19.1 Å². The average Bonchev–Trinajstić information content (AvgIpc) is 3.33. The van der Waals surface area contributed by atoms with Crippen LogP contribution in [0.3, 0.4) is 0 Å². The number of carbonyl (C=O) groups is 2. The second-order valence-corrected chi connectivity index (χ2v) is 7.81. The summed E-state index contributed by atoms with van der Waals surface area (Å²) >= 11 is 0. The molecule has 33 heavy (non-hydrogen) atoms. The number of aromatic hydroxyl groups is 1. The number of phenols is 1. The molecule has 0 aliphatic carbocycles. The zero-order chi connectivity index (χ0) is 23.1. The van der Waals surface area contributed by atoms with Crippen LogP contribution in [0, 0.1) is 11.7 Å². The number of halogens is 1. The van der Waals surface area contributed by atoms with Crippen LogP contribution < -0.4 is 14.7 Å². The highest BCUT2D eigenvalue weighted by Gasteiger charge is 2.60. The van der Waals surface area contributed by atoms with Gasteiger partial charge in [0.2, 0.25) is 5.91 Å². The van der Waals surface area contributed by atoms with Crippen LogP contribution >= 0.6 is 0 Å². The first-order valence-corrected chi connectivity index (χ1v) is 10.6. The number of nitrogens with zero attached hydrogens (tertiary/aromatic N) is 2. The summed E-state index contributed by atoms with van der Waals surface area (Å²) in [4.78, 5) is 33.9. The Morgan fingerprint density at radius 1 is 0.970 bits per heavy atom. The predicted octanol–water partition coefficient (Wildman–Crippen LogP) is 3.98. The Kier molecular flexibility index (Phi) is 5.22. The van der Waals surface area contributed by atoms with Gasteiger partial charge in [-0.3, -0.25) is 14.4 Å². The highest BCUT2D eigenvalue weighted by molar-refractivity contribution is 6.23. The van der Waals surface area contributed by atoms with Gasteiger partial charge < -0.3 is 9.84 Å². The lowest BCUT2D eigenvalue weighted by Crippen LogP contribution is -2.37. The van der Waals surface area contributed by atoms with E-state index < -0.39 is 35.7 Å². The normalized spacial score (nSPS) is 22.1. The average molecular weight is 448 g/mol. The van der Waals surface area contributed by atoms with E-state index in [0.717, 1.165) is 4.90 Å². The molecule has 2 aliphatic heterocycles. The van der Waals surface area contributed by atoms with Crippen molar-refractivity contribution in [3.8, 4) is 11.5 Å². The minimum Gasteiger partial charge on any atom is -0.504 e. The molecule has 0 unspecified atom stereocenters. The molecule has 0 bridgehead atoms. The fourth-order valence-electron chi connectivity index (χ4n) is 4.38. The van der Waals surface area contributed by atoms with E-state index in [1.165, 1.54) is 30.3 Å². The fourth-order valence-corrected chi connectivity index (χ4v) is 4.38. The highest BCUT2D eigenvalue weighted by Crippen LogP contribution is 2.48. The van der Waals surface area contributed by atoms with Gasteiger partial charge in [0.15, 0.2) is 17.6 Å². The molecule has 2 aliphatic rings. The van der Waals surface area contributed by atoms with Crippen LogP contribution in [0.4, 0.5) is 15.8 Å². The number of imide groups is 1. The smallest absolute Gasteiger partial charge is 0.266 e. The summed E-state index contributed by atoms with van der Waals surface area (Å²) in [5.41, 5.74) is 1.61. The van der Waals surface area contributed by atoms with Gasteiger partial charge >= 0.3 is 0 Å². The van der Waals surface area contributed by atoms with Crippen LogP contribution in [0.25, 0.3) is 0 Å². The topological polar surface area (TPSA) is 79.3 Å². The zero-order valence-electron chi connectivity index (χ0n) is 17.7. The fraction of sp³-hybridized carbons (Fsp3) is 0.200. The molecule has 3 aromatic carbocycles. The summed E-state index contributed by atoms with van der Waals surface area (Å²) in [6.07, 6.45) is -1.04. The number of hydrogen-bond donors (Lipinski definition) is 1. The van der Waals surface area contributed by atoms with Crippen molar-refractivity contribution in [2.24, 2.45) is 5.92 Å². The number of amides is 2. The highest BCUT2D eigenvalue weighted by atomic mass is 19.1. The molecule has 7 nitrogen and oxygen atoms in total. The molecule has 2 fully saturated rings. The minimum atomic E-state index is -1.04. The summed E-state index contributed by atoms with van der Waals surface area (Å²) in [7, 11) is 0. The van der Waals surface area contributed by atoms with Crippen molar-refractivity contribution in [3.63, 3.8) is 0 Å². The Hall–Kier alpha value is -3.91. The molecule has 5 rings (SSSR count). The second kappa shape index (κ2) is 8.22. The minimum absolute atomic E-state index is 0.0240. The van der Waals surface area contributed by atoms with E-state index in [-0.39, 0.29) is 17.2 Å². The first-order valence-electron chi connectivity index (χ1n) is 10.6. The molecule has 1 N–H and O–H groups in total. The monoisotopic (exact) mass is 448 g/mol. The number of ether oxygens (including phenoxy) is 1.